The molecule has 0 aromatic carbocycles. The van der Waals surface area contributed by atoms with Crippen molar-refractivity contribution in [3.8, 4) is 0 Å². The van der Waals surface area contributed by atoms with Crippen LogP contribution in [0.25, 0.3) is 0 Å². The summed E-state index contributed by atoms with van der Waals surface area (Å²) in [7, 11) is 1.43. The molecule has 1 atom stereocenters. The van der Waals surface area contributed by atoms with E-state index in [1.54, 1.807) is 0 Å². The van der Waals surface area contributed by atoms with Gasteiger partial charge in [0.15, 0.2) is 0 Å². The summed E-state index contributed by atoms with van der Waals surface area (Å²) >= 11 is 0. The smallest absolute Gasteiger partial charge is 0.314 e. The lowest BCUT2D eigenvalue weighted by atomic mass is 10.2. The molecule has 0 radical (unpaired) electrons. The third kappa shape index (κ3) is 6.72. The van der Waals surface area contributed by atoms with Crippen molar-refractivity contribution in [3.63, 3.8) is 0 Å². The van der Waals surface area contributed by atoms with Gasteiger partial charge in [0.25, 0.3) is 0 Å². The molecule has 1 unspecified atom stereocenters. The number of methoxy groups -OCH3 is 1. The summed E-state index contributed by atoms with van der Waals surface area (Å²) in [5.74, 6) is -0.943. The monoisotopic (exact) mass is 287 g/mol. The highest BCUT2D eigenvalue weighted by Gasteiger charge is 2.27. The Morgan fingerprint density at radius 3 is 2.60 bits per heavy atom. The first kappa shape index (κ1) is 16.7. The van der Waals surface area contributed by atoms with E-state index in [-0.39, 0.29) is 19.0 Å². The molecule has 0 heterocycles. The van der Waals surface area contributed by atoms with Gasteiger partial charge in [-0.2, -0.15) is 0 Å². The minimum absolute atomic E-state index is 0.123. The van der Waals surface area contributed by atoms with Gasteiger partial charge in [0.05, 0.1) is 12.5 Å². The maximum Gasteiger partial charge on any atom is 0.314 e. The number of hydrogen-bond acceptors (Lipinski definition) is 4. The molecule has 1 aliphatic rings. The van der Waals surface area contributed by atoms with Crippen molar-refractivity contribution in [2.45, 2.75) is 38.3 Å². The Labute approximate surface area is 119 Å². The van der Waals surface area contributed by atoms with Crippen LogP contribution in [0.3, 0.4) is 0 Å². The number of carboxylic acid groups (broad SMARTS) is 1. The molecular formula is C13H25N3O4. The summed E-state index contributed by atoms with van der Waals surface area (Å²) < 4.78 is 4.98. The molecule has 3 N–H and O–H groups in total. The highest BCUT2D eigenvalue weighted by atomic mass is 16.5. The van der Waals surface area contributed by atoms with Crippen molar-refractivity contribution in [2.75, 3.05) is 33.3 Å². The highest BCUT2D eigenvalue weighted by molar-refractivity contribution is 5.74. The van der Waals surface area contributed by atoms with E-state index in [4.69, 9.17) is 9.84 Å². The lowest BCUT2D eigenvalue weighted by Crippen LogP contribution is -2.43. The minimum atomic E-state index is -0.943. The number of nitrogens with zero attached hydrogens (tertiary/aromatic N) is 1. The number of amides is 2. The first-order valence-electron chi connectivity index (χ1n) is 7.07. The summed E-state index contributed by atoms with van der Waals surface area (Å²) in [6.45, 7) is 4.74. The lowest BCUT2D eigenvalue weighted by Gasteiger charge is -2.20. The van der Waals surface area contributed by atoms with Gasteiger partial charge in [-0.3, -0.25) is 9.69 Å². The Morgan fingerprint density at radius 2 is 2.10 bits per heavy atom. The van der Waals surface area contributed by atoms with E-state index in [0.717, 1.165) is 13.1 Å². The van der Waals surface area contributed by atoms with Gasteiger partial charge in [-0.15, -0.1) is 0 Å². The maximum atomic E-state index is 11.6. The number of rotatable bonds is 10. The molecule has 1 saturated carbocycles. The number of carboxylic acids is 1. The van der Waals surface area contributed by atoms with Crippen molar-refractivity contribution in [1.82, 2.24) is 15.5 Å². The number of carbonyl (C=O) groups excluding carboxylic acids is 1. The number of carbonyl (C=O) groups is 2. The van der Waals surface area contributed by atoms with Crippen LogP contribution in [0.5, 0.6) is 0 Å². The van der Waals surface area contributed by atoms with E-state index in [0.29, 0.717) is 12.6 Å². The van der Waals surface area contributed by atoms with Crippen molar-refractivity contribution in [3.05, 3.63) is 0 Å². The van der Waals surface area contributed by atoms with Gasteiger partial charge in [-0.25, -0.2) is 4.79 Å². The van der Waals surface area contributed by atoms with E-state index in [2.05, 4.69) is 22.5 Å². The van der Waals surface area contributed by atoms with Crippen LogP contribution in [0.15, 0.2) is 0 Å². The molecule has 1 rings (SSSR count). The normalized spacial score (nSPS) is 15.9. The van der Waals surface area contributed by atoms with E-state index in [1.807, 2.05) is 0 Å². The average Bonchev–Trinajstić information content (AvgIpc) is 3.23. The number of aliphatic carboxylic acids is 1. The van der Waals surface area contributed by atoms with Crippen molar-refractivity contribution in [1.29, 1.82) is 0 Å². The number of likely N-dealkylation sites (N-methyl/N-ethyl adjacent to an activating group) is 1. The molecule has 1 fully saturated rings. The van der Waals surface area contributed by atoms with Crippen LogP contribution in [-0.4, -0.2) is 67.4 Å². The van der Waals surface area contributed by atoms with Gasteiger partial charge in [-0.05, 0) is 19.4 Å². The zero-order valence-corrected chi connectivity index (χ0v) is 12.2. The molecule has 1 aliphatic carbocycles. The van der Waals surface area contributed by atoms with Crippen molar-refractivity contribution < 1.29 is 19.4 Å². The van der Waals surface area contributed by atoms with Crippen LogP contribution in [0.1, 0.15) is 26.2 Å². The first-order valence-corrected chi connectivity index (χ1v) is 7.07. The zero-order chi connectivity index (χ0) is 15.0. The first-order chi connectivity index (χ1) is 9.56. The Balaban J connectivity index is 2.11. The van der Waals surface area contributed by atoms with Gasteiger partial charge in [-0.1, -0.05) is 6.92 Å². The fraction of sp³-hybridized carbons (Fsp3) is 0.846. The summed E-state index contributed by atoms with van der Waals surface area (Å²) in [6, 6.07) is 0.405. The topological polar surface area (TPSA) is 90.9 Å². The van der Waals surface area contributed by atoms with Gasteiger partial charge in [0.2, 0.25) is 0 Å². The summed E-state index contributed by atoms with van der Waals surface area (Å²) in [5, 5.41) is 14.0. The van der Waals surface area contributed by atoms with Gasteiger partial charge >= 0.3 is 12.0 Å². The van der Waals surface area contributed by atoms with Crippen LogP contribution in [0, 0.1) is 0 Å². The van der Waals surface area contributed by atoms with Crippen LogP contribution in [0.2, 0.25) is 0 Å². The summed E-state index contributed by atoms with van der Waals surface area (Å²) in [5.41, 5.74) is 0. The Hall–Kier alpha value is -1.34. The Morgan fingerprint density at radius 1 is 1.40 bits per heavy atom. The summed E-state index contributed by atoms with van der Waals surface area (Å²) in [6.07, 6.45) is 1.88. The largest absolute Gasteiger partial charge is 0.481 e. The van der Waals surface area contributed by atoms with Gasteiger partial charge < -0.3 is 20.5 Å². The number of ether oxygens (including phenoxy) is 1. The number of urea groups is 1. The molecular weight excluding hydrogens is 262 g/mol. The minimum Gasteiger partial charge on any atom is -0.481 e. The van der Waals surface area contributed by atoms with Crippen molar-refractivity contribution in [2.24, 2.45) is 0 Å². The van der Waals surface area contributed by atoms with E-state index in [9.17, 15) is 9.59 Å². The molecule has 0 aliphatic heterocycles. The van der Waals surface area contributed by atoms with E-state index in [1.165, 1.54) is 20.0 Å². The second-order valence-electron chi connectivity index (χ2n) is 4.95. The highest BCUT2D eigenvalue weighted by Crippen LogP contribution is 2.25. The van der Waals surface area contributed by atoms with Crippen LogP contribution in [-0.2, 0) is 9.53 Å². The molecule has 2 amide bonds. The van der Waals surface area contributed by atoms with Gasteiger partial charge in [0, 0.05) is 32.8 Å². The predicted octanol–water partition coefficient (Wildman–Crippen LogP) is 0.260. The van der Waals surface area contributed by atoms with Gasteiger partial charge in [0.1, 0.15) is 0 Å². The molecule has 0 aromatic heterocycles. The quantitative estimate of drug-likeness (QED) is 0.536. The van der Waals surface area contributed by atoms with E-state index < -0.39 is 12.1 Å². The van der Waals surface area contributed by atoms with Crippen LogP contribution >= 0.6 is 0 Å². The molecule has 116 valence electrons. The molecule has 0 spiro atoms. The average molecular weight is 287 g/mol. The molecule has 0 aromatic rings. The third-order valence-electron chi connectivity index (χ3n) is 3.38. The Bertz CT molecular complexity index is 321. The third-order valence-corrected chi connectivity index (χ3v) is 3.38. The number of nitrogens with one attached hydrogen (secondary N) is 2. The molecule has 7 heteroatoms. The lowest BCUT2D eigenvalue weighted by molar-refractivity contribution is -0.139. The summed E-state index contributed by atoms with van der Waals surface area (Å²) in [4.78, 5) is 24.5. The molecule has 20 heavy (non-hydrogen) atoms. The SMILES string of the molecule is CCN(CCNC(=O)NCC(CC(=O)O)OC)C1CC1. The molecule has 0 saturated heterocycles. The fourth-order valence-electron chi connectivity index (χ4n) is 2.05. The standard InChI is InChI=1S/C13H25N3O4/c1-3-16(10-4-5-10)7-6-14-13(19)15-9-11(20-2)8-12(17)18/h10-11H,3-9H2,1-2H3,(H,17,18)(H2,14,15,19). The second-order valence-corrected chi connectivity index (χ2v) is 4.95. The molecule has 7 nitrogen and oxygen atoms in total. The number of hydrogen-bond donors (Lipinski definition) is 3. The predicted molar refractivity (Wildman–Crippen MR) is 74.7 cm³/mol. The van der Waals surface area contributed by atoms with Crippen LogP contribution < -0.4 is 10.6 Å². The Kier molecular flexibility index (Phi) is 7.32. The van der Waals surface area contributed by atoms with Crippen LogP contribution in [0.4, 0.5) is 4.79 Å². The fourth-order valence-corrected chi connectivity index (χ4v) is 2.05. The van der Waals surface area contributed by atoms with E-state index >= 15 is 0 Å². The van der Waals surface area contributed by atoms with Crippen molar-refractivity contribution >= 4 is 12.0 Å². The zero-order valence-electron chi connectivity index (χ0n) is 12.2. The maximum absolute atomic E-state index is 11.6. The molecule has 0 bridgehead atoms. The second kappa shape index (κ2) is 8.76.